The van der Waals surface area contributed by atoms with E-state index in [-0.39, 0.29) is 0 Å². The van der Waals surface area contributed by atoms with Gasteiger partial charge >= 0.3 is 0 Å². The average Bonchev–Trinajstić information content (AvgIpc) is 1.84. The molecular formula is C5H9N3. The van der Waals surface area contributed by atoms with Crippen LogP contribution in [-0.4, -0.2) is 0 Å². The van der Waals surface area contributed by atoms with Gasteiger partial charge in [0.2, 0.25) is 0 Å². The monoisotopic (exact) mass is 111 g/mol. The summed E-state index contributed by atoms with van der Waals surface area (Å²) in [5.74, 6) is 0. The van der Waals surface area contributed by atoms with Crippen LogP contribution in [0.15, 0.2) is 29.2 Å². The van der Waals surface area contributed by atoms with E-state index in [0.717, 1.165) is 0 Å². The van der Waals surface area contributed by atoms with Gasteiger partial charge in [0.1, 0.15) is 0 Å². The van der Waals surface area contributed by atoms with Crippen molar-refractivity contribution in [2.24, 2.45) is 10.8 Å². The molecule has 0 amide bonds. The first-order valence-corrected chi connectivity index (χ1v) is 2.18. The Labute approximate surface area is 48.4 Å². The van der Waals surface area contributed by atoms with Crippen molar-refractivity contribution in [3.63, 3.8) is 0 Å². The molecule has 8 heavy (non-hydrogen) atoms. The van der Waals surface area contributed by atoms with Crippen LogP contribution in [0.25, 0.3) is 0 Å². The fourth-order valence-corrected chi connectivity index (χ4v) is 0.212. The first-order chi connectivity index (χ1) is 3.72. The second-order valence-electron chi connectivity index (χ2n) is 1.36. The SMILES string of the molecule is C=C/C(N)=C(\C)N=N. The lowest BCUT2D eigenvalue weighted by molar-refractivity contribution is 1.03. The molecule has 0 aliphatic rings. The first kappa shape index (κ1) is 6.88. The van der Waals surface area contributed by atoms with Crippen LogP contribution < -0.4 is 5.73 Å². The van der Waals surface area contributed by atoms with Gasteiger partial charge in [0, 0.05) is 0 Å². The second-order valence-corrected chi connectivity index (χ2v) is 1.36. The molecule has 0 unspecified atom stereocenters. The summed E-state index contributed by atoms with van der Waals surface area (Å²) >= 11 is 0. The van der Waals surface area contributed by atoms with Gasteiger partial charge in [-0.25, -0.2) is 5.53 Å². The minimum Gasteiger partial charge on any atom is -0.397 e. The summed E-state index contributed by atoms with van der Waals surface area (Å²) in [5.41, 5.74) is 12.7. The fourth-order valence-electron chi connectivity index (χ4n) is 0.212. The quantitative estimate of drug-likeness (QED) is 0.410. The van der Waals surface area contributed by atoms with Crippen molar-refractivity contribution in [3.8, 4) is 0 Å². The molecule has 3 nitrogen and oxygen atoms in total. The van der Waals surface area contributed by atoms with Crippen LogP contribution in [-0.2, 0) is 0 Å². The molecule has 0 fully saturated rings. The molecule has 0 aliphatic carbocycles. The van der Waals surface area contributed by atoms with Gasteiger partial charge in [-0.3, -0.25) is 0 Å². The summed E-state index contributed by atoms with van der Waals surface area (Å²) in [6, 6.07) is 0. The van der Waals surface area contributed by atoms with Crippen LogP contribution in [0.1, 0.15) is 6.92 Å². The summed E-state index contributed by atoms with van der Waals surface area (Å²) < 4.78 is 0. The molecule has 0 aromatic rings. The summed E-state index contributed by atoms with van der Waals surface area (Å²) in [6.07, 6.45) is 1.47. The van der Waals surface area contributed by atoms with Crippen molar-refractivity contribution < 1.29 is 0 Å². The van der Waals surface area contributed by atoms with E-state index in [9.17, 15) is 0 Å². The molecule has 44 valence electrons. The number of allylic oxidation sites excluding steroid dienone is 2. The topological polar surface area (TPSA) is 62.2 Å². The lowest BCUT2D eigenvalue weighted by Gasteiger charge is -1.90. The van der Waals surface area contributed by atoms with Gasteiger partial charge in [0.15, 0.2) is 0 Å². The number of hydrogen-bond donors (Lipinski definition) is 2. The Morgan fingerprint density at radius 3 is 2.50 bits per heavy atom. The molecule has 0 aliphatic heterocycles. The molecule has 0 aromatic heterocycles. The molecule has 0 bridgehead atoms. The minimum absolute atomic E-state index is 0.458. The normalized spacial score (nSPS) is 12.1. The Kier molecular flexibility index (Phi) is 2.54. The molecule has 0 spiro atoms. The number of nitrogens with two attached hydrogens (primary N) is 1. The highest BCUT2D eigenvalue weighted by Crippen LogP contribution is 1.97. The zero-order valence-electron chi connectivity index (χ0n) is 4.81. The third kappa shape index (κ3) is 1.55. The Bertz CT molecular complexity index is 119. The molecule has 0 atom stereocenters. The molecule has 0 rings (SSSR count). The van der Waals surface area contributed by atoms with Gasteiger partial charge in [0.05, 0.1) is 11.4 Å². The summed E-state index contributed by atoms with van der Waals surface area (Å²) in [6.45, 7) is 5.06. The highest BCUT2D eigenvalue weighted by atomic mass is 15.0. The van der Waals surface area contributed by atoms with Crippen molar-refractivity contribution in [1.29, 1.82) is 5.53 Å². The number of nitrogens with zero attached hydrogens (tertiary/aromatic N) is 1. The van der Waals surface area contributed by atoms with E-state index in [0.29, 0.717) is 11.4 Å². The zero-order chi connectivity index (χ0) is 6.57. The molecule has 3 heteroatoms. The third-order valence-electron chi connectivity index (χ3n) is 0.805. The Hall–Kier alpha value is -1.12. The van der Waals surface area contributed by atoms with Crippen LogP contribution >= 0.6 is 0 Å². The standard InChI is InChI=1S/C5H9N3/c1-3-5(6)4(2)8-7/h3,7H,1,6H2,2H3/b5-4-,8-7?. The van der Waals surface area contributed by atoms with Gasteiger partial charge in [-0.05, 0) is 13.0 Å². The summed E-state index contributed by atoms with van der Waals surface area (Å²) in [7, 11) is 0. The van der Waals surface area contributed by atoms with Crippen molar-refractivity contribution >= 4 is 0 Å². The van der Waals surface area contributed by atoms with Crippen molar-refractivity contribution in [3.05, 3.63) is 24.0 Å². The van der Waals surface area contributed by atoms with Crippen LogP contribution in [0.4, 0.5) is 0 Å². The van der Waals surface area contributed by atoms with Crippen molar-refractivity contribution in [2.75, 3.05) is 0 Å². The van der Waals surface area contributed by atoms with Gasteiger partial charge in [-0.2, -0.15) is 5.11 Å². The molecule has 0 saturated heterocycles. The van der Waals surface area contributed by atoms with E-state index < -0.39 is 0 Å². The Balaban J connectivity index is 4.25. The maximum Gasteiger partial charge on any atom is 0.0821 e. The van der Waals surface area contributed by atoms with Crippen molar-refractivity contribution in [2.45, 2.75) is 6.92 Å². The molecule has 0 saturated carbocycles. The average molecular weight is 111 g/mol. The maximum absolute atomic E-state index is 6.48. The van der Waals surface area contributed by atoms with Gasteiger partial charge in [-0.15, -0.1) is 0 Å². The lowest BCUT2D eigenvalue weighted by Crippen LogP contribution is -1.94. The van der Waals surface area contributed by atoms with E-state index in [1.165, 1.54) is 6.08 Å². The van der Waals surface area contributed by atoms with E-state index in [1.54, 1.807) is 6.92 Å². The third-order valence-corrected chi connectivity index (χ3v) is 0.805. The van der Waals surface area contributed by atoms with E-state index in [4.69, 9.17) is 11.3 Å². The molecule has 3 N–H and O–H groups in total. The summed E-state index contributed by atoms with van der Waals surface area (Å²) in [5, 5.41) is 3.09. The van der Waals surface area contributed by atoms with Crippen LogP contribution in [0.3, 0.4) is 0 Å². The summed E-state index contributed by atoms with van der Waals surface area (Å²) in [4.78, 5) is 0. The minimum atomic E-state index is 0.458. The predicted molar refractivity (Wildman–Crippen MR) is 32.2 cm³/mol. The fraction of sp³-hybridized carbons (Fsp3) is 0.200. The largest absolute Gasteiger partial charge is 0.397 e. The number of nitrogens with one attached hydrogen (secondary N) is 1. The second kappa shape index (κ2) is 2.96. The van der Waals surface area contributed by atoms with Gasteiger partial charge < -0.3 is 5.73 Å². The smallest absolute Gasteiger partial charge is 0.0821 e. The van der Waals surface area contributed by atoms with Crippen LogP contribution in [0.5, 0.6) is 0 Å². The Morgan fingerprint density at radius 1 is 1.88 bits per heavy atom. The Morgan fingerprint density at radius 2 is 2.38 bits per heavy atom. The van der Waals surface area contributed by atoms with Gasteiger partial charge in [0.25, 0.3) is 0 Å². The molecule has 0 heterocycles. The maximum atomic E-state index is 6.48. The molecular weight excluding hydrogens is 102 g/mol. The molecule has 0 aromatic carbocycles. The van der Waals surface area contributed by atoms with Crippen LogP contribution in [0.2, 0.25) is 0 Å². The van der Waals surface area contributed by atoms with E-state index >= 15 is 0 Å². The predicted octanol–water partition coefficient (Wildman–Crippen LogP) is 1.39. The zero-order valence-corrected chi connectivity index (χ0v) is 4.81. The molecule has 0 radical (unpaired) electrons. The van der Waals surface area contributed by atoms with E-state index in [2.05, 4.69) is 11.7 Å². The van der Waals surface area contributed by atoms with Crippen LogP contribution in [0, 0.1) is 5.53 Å². The number of hydrogen-bond acceptors (Lipinski definition) is 3. The number of rotatable bonds is 2. The lowest BCUT2D eigenvalue weighted by atomic mass is 10.4. The first-order valence-electron chi connectivity index (χ1n) is 2.18. The highest BCUT2D eigenvalue weighted by molar-refractivity contribution is 5.17. The highest BCUT2D eigenvalue weighted by Gasteiger charge is 1.86. The van der Waals surface area contributed by atoms with E-state index in [1.807, 2.05) is 0 Å². The van der Waals surface area contributed by atoms with Gasteiger partial charge in [-0.1, -0.05) is 6.58 Å². The van der Waals surface area contributed by atoms with Crippen molar-refractivity contribution in [1.82, 2.24) is 0 Å².